The first-order chi connectivity index (χ1) is 10.0. The molecule has 2 rings (SSSR count). The molecule has 21 heavy (non-hydrogen) atoms. The van der Waals surface area contributed by atoms with Crippen molar-refractivity contribution in [2.75, 3.05) is 5.32 Å². The van der Waals surface area contributed by atoms with E-state index in [9.17, 15) is 4.79 Å². The van der Waals surface area contributed by atoms with E-state index in [1.165, 1.54) is 10.4 Å². The van der Waals surface area contributed by atoms with Gasteiger partial charge in [-0.3, -0.25) is 4.79 Å². The molecule has 0 atom stereocenters. The van der Waals surface area contributed by atoms with Gasteiger partial charge in [-0.1, -0.05) is 39.3 Å². The average Bonchev–Trinajstić information content (AvgIpc) is 3.06. The van der Waals surface area contributed by atoms with Crippen LogP contribution < -0.4 is 5.32 Å². The molecular weight excluding hydrogens is 284 g/mol. The van der Waals surface area contributed by atoms with Crippen molar-refractivity contribution in [3.05, 3.63) is 33.2 Å². The lowest BCUT2D eigenvalue weighted by atomic mass is 10.1. The molecule has 0 saturated carbocycles. The zero-order chi connectivity index (χ0) is 15.4. The Balaban J connectivity index is 2.12. The predicted molar refractivity (Wildman–Crippen MR) is 86.2 cm³/mol. The van der Waals surface area contributed by atoms with E-state index >= 15 is 0 Å². The molecule has 0 aliphatic carbocycles. The molecule has 2 aromatic heterocycles. The van der Waals surface area contributed by atoms with Gasteiger partial charge in [0.15, 0.2) is 5.82 Å². The number of rotatable bonds is 6. The molecule has 4 nitrogen and oxygen atoms in total. The highest BCUT2D eigenvalue weighted by molar-refractivity contribution is 7.14. The molecule has 5 heteroatoms. The predicted octanol–water partition coefficient (Wildman–Crippen LogP) is 4.63. The van der Waals surface area contributed by atoms with Crippen molar-refractivity contribution in [3.8, 4) is 0 Å². The van der Waals surface area contributed by atoms with Crippen molar-refractivity contribution in [1.82, 2.24) is 5.16 Å². The zero-order valence-electron chi connectivity index (χ0n) is 13.0. The number of aromatic nitrogens is 1. The molecule has 0 spiro atoms. The van der Waals surface area contributed by atoms with Gasteiger partial charge >= 0.3 is 0 Å². The van der Waals surface area contributed by atoms with Crippen LogP contribution in [0.15, 0.2) is 16.7 Å². The number of hydrogen-bond donors (Lipinski definition) is 1. The minimum Gasteiger partial charge on any atom is -0.359 e. The molecule has 2 heterocycles. The van der Waals surface area contributed by atoms with Crippen molar-refractivity contribution < 1.29 is 9.32 Å². The first kappa shape index (κ1) is 15.8. The highest BCUT2D eigenvalue weighted by Gasteiger charge is 2.16. The van der Waals surface area contributed by atoms with E-state index in [-0.39, 0.29) is 11.8 Å². The Morgan fingerprint density at radius 3 is 2.71 bits per heavy atom. The van der Waals surface area contributed by atoms with Gasteiger partial charge in [0.05, 0.1) is 4.88 Å². The zero-order valence-corrected chi connectivity index (χ0v) is 13.8. The molecule has 0 saturated heterocycles. The average molecular weight is 306 g/mol. The second-order valence-corrected chi connectivity index (χ2v) is 6.52. The third-order valence-electron chi connectivity index (χ3n) is 3.32. The maximum absolute atomic E-state index is 12.3. The fraction of sp³-hybridized carbons (Fsp3) is 0.500. The van der Waals surface area contributed by atoms with Crippen molar-refractivity contribution in [3.63, 3.8) is 0 Å². The molecule has 1 N–H and O–H groups in total. The Hall–Kier alpha value is -1.62. The van der Waals surface area contributed by atoms with Gasteiger partial charge in [-0.25, -0.2) is 0 Å². The monoisotopic (exact) mass is 306 g/mol. The maximum atomic E-state index is 12.3. The van der Waals surface area contributed by atoms with Crippen LogP contribution in [-0.4, -0.2) is 11.1 Å². The normalized spacial score (nSPS) is 11.1. The molecule has 0 aromatic carbocycles. The molecule has 0 fully saturated rings. The summed E-state index contributed by atoms with van der Waals surface area (Å²) >= 11 is 1.58. The summed E-state index contributed by atoms with van der Waals surface area (Å²) in [6, 6.07) is 3.78. The van der Waals surface area contributed by atoms with Crippen LogP contribution in [0, 0.1) is 0 Å². The number of anilines is 1. The number of nitrogens with zero attached hydrogens (tertiary/aromatic N) is 1. The van der Waals surface area contributed by atoms with Gasteiger partial charge in [0.1, 0.15) is 5.76 Å². The summed E-state index contributed by atoms with van der Waals surface area (Å²) in [5.41, 5.74) is 1.27. The summed E-state index contributed by atoms with van der Waals surface area (Å²) in [4.78, 5) is 14.3. The van der Waals surface area contributed by atoms with Crippen LogP contribution in [0.5, 0.6) is 0 Å². The van der Waals surface area contributed by atoms with E-state index in [4.69, 9.17) is 4.52 Å². The van der Waals surface area contributed by atoms with Crippen LogP contribution in [0.4, 0.5) is 5.82 Å². The molecule has 0 aliphatic rings. The number of amides is 1. The molecular formula is C16H22N2O2S. The molecule has 2 aromatic rings. The smallest absolute Gasteiger partial charge is 0.266 e. The lowest BCUT2D eigenvalue weighted by Gasteiger charge is -1.97. The lowest BCUT2D eigenvalue weighted by molar-refractivity contribution is 0.102. The van der Waals surface area contributed by atoms with Gasteiger partial charge in [0.25, 0.3) is 5.91 Å². The number of aryl methyl sites for hydroxylation is 2. The number of nitrogens with one attached hydrogen (secondary N) is 1. The van der Waals surface area contributed by atoms with E-state index in [1.807, 2.05) is 19.9 Å². The van der Waals surface area contributed by atoms with Crippen LogP contribution in [0.1, 0.15) is 65.9 Å². The fourth-order valence-corrected chi connectivity index (χ4v) is 3.37. The molecule has 1 amide bonds. The summed E-state index contributed by atoms with van der Waals surface area (Å²) in [7, 11) is 0. The molecule has 0 bridgehead atoms. The van der Waals surface area contributed by atoms with E-state index in [0.29, 0.717) is 5.82 Å². The highest BCUT2D eigenvalue weighted by Crippen LogP contribution is 2.26. The Labute approximate surface area is 129 Å². The van der Waals surface area contributed by atoms with E-state index in [2.05, 4.69) is 24.3 Å². The molecule has 0 aliphatic heterocycles. The number of carbonyl (C=O) groups is 1. The third kappa shape index (κ3) is 3.73. The quantitative estimate of drug-likeness (QED) is 0.846. The SMILES string of the molecule is CCCc1sc(C(=O)Nc2cc(C(C)C)on2)cc1CC. The molecule has 0 radical (unpaired) electrons. The highest BCUT2D eigenvalue weighted by atomic mass is 32.1. The second kappa shape index (κ2) is 6.89. The van der Waals surface area contributed by atoms with Gasteiger partial charge in [0.2, 0.25) is 0 Å². The van der Waals surface area contributed by atoms with Gasteiger partial charge in [-0.15, -0.1) is 11.3 Å². The van der Waals surface area contributed by atoms with E-state index < -0.39 is 0 Å². The van der Waals surface area contributed by atoms with Gasteiger partial charge < -0.3 is 9.84 Å². The molecule has 114 valence electrons. The first-order valence-electron chi connectivity index (χ1n) is 7.44. The fourth-order valence-electron chi connectivity index (χ4n) is 2.11. The summed E-state index contributed by atoms with van der Waals surface area (Å²) in [6.07, 6.45) is 3.08. The first-order valence-corrected chi connectivity index (χ1v) is 8.26. The molecule has 0 unspecified atom stereocenters. The number of thiophene rings is 1. The van der Waals surface area contributed by atoms with Crippen LogP contribution in [-0.2, 0) is 12.8 Å². The van der Waals surface area contributed by atoms with Crippen molar-refractivity contribution >= 4 is 23.1 Å². The van der Waals surface area contributed by atoms with Gasteiger partial charge in [0, 0.05) is 16.9 Å². The van der Waals surface area contributed by atoms with E-state index in [0.717, 1.165) is 29.9 Å². The summed E-state index contributed by atoms with van der Waals surface area (Å²) in [6.45, 7) is 8.32. The Kier molecular flexibility index (Phi) is 5.17. The topological polar surface area (TPSA) is 55.1 Å². The van der Waals surface area contributed by atoms with Crippen LogP contribution in [0.25, 0.3) is 0 Å². The third-order valence-corrected chi connectivity index (χ3v) is 4.55. The number of carbonyl (C=O) groups excluding carboxylic acids is 1. The van der Waals surface area contributed by atoms with E-state index in [1.54, 1.807) is 17.4 Å². The Morgan fingerprint density at radius 1 is 1.38 bits per heavy atom. The largest absolute Gasteiger partial charge is 0.359 e. The summed E-state index contributed by atoms with van der Waals surface area (Å²) in [5, 5.41) is 6.69. The summed E-state index contributed by atoms with van der Waals surface area (Å²) in [5.74, 6) is 1.40. The van der Waals surface area contributed by atoms with Crippen molar-refractivity contribution in [1.29, 1.82) is 0 Å². The van der Waals surface area contributed by atoms with Gasteiger partial charge in [-0.2, -0.15) is 0 Å². The minimum absolute atomic E-state index is 0.111. The number of hydrogen-bond acceptors (Lipinski definition) is 4. The Bertz CT molecular complexity index is 614. The van der Waals surface area contributed by atoms with Gasteiger partial charge in [-0.05, 0) is 24.5 Å². The van der Waals surface area contributed by atoms with Crippen molar-refractivity contribution in [2.24, 2.45) is 0 Å². The lowest BCUT2D eigenvalue weighted by Crippen LogP contribution is -2.10. The van der Waals surface area contributed by atoms with Crippen LogP contribution >= 0.6 is 11.3 Å². The Morgan fingerprint density at radius 2 is 2.14 bits per heavy atom. The minimum atomic E-state index is -0.111. The maximum Gasteiger partial charge on any atom is 0.266 e. The van der Waals surface area contributed by atoms with Crippen molar-refractivity contribution in [2.45, 2.75) is 52.9 Å². The van der Waals surface area contributed by atoms with Crippen LogP contribution in [0.3, 0.4) is 0 Å². The summed E-state index contributed by atoms with van der Waals surface area (Å²) < 4.78 is 5.19. The van der Waals surface area contributed by atoms with Crippen LogP contribution in [0.2, 0.25) is 0 Å². The standard InChI is InChI=1S/C16H22N2O2S/c1-5-7-13-11(6-2)8-14(21-13)16(19)17-15-9-12(10(3)4)20-18-15/h8-10H,5-7H2,1-4H3,(H,17,18,19). The second-order valence-electron chi connectivity index (χ2n) is 5.39.